The van der Waals surface area contributed by atoms with Crippen LogP contribution in [0.25, 0.3) is 0 Å². The second kappa shape index (κ2) is 7.23. The van der Waals surface area contributed by atoms with Gasteiger partial charge in [0.1, 0.15) is 11.6 Å². The smallest absolute Gasteiger partial charge is 0.123 e. The highest BCUT2D eigenvalue weighted by molar-refractivity contribution is 5.32. The second-order valence-corrected chi connectivity index (χ2v) is 5.23. The average molecular weight is 287 g/mol. The zero-order valence-electron chi connectivity index (χ0n) is 12.8. The number of ether oxygens (including phenoxy) is 1. The minimum Gasteiger partial charge on any atom is -0.497 e. The van der Waals surface area contributed by atoms with Gasteiger partial charge in [-0.3, -0.25) is 0 Å². The number of rotatable bonds is 6. The second-order valence-electron chi connectivity index (χ2n) is 5.23. The van der Waals surface area contributed by atoms with Gasteiger partial charge in [-0.15, -0.1) is 0 Å². The van der Waals surface area contributed by atoms with Gasteiger partial charge in [-0.1, -0.05) is 25.1 Å². The molecule has 2 aromatic rings. The molecule has 0 fully saturated rings. The molecular formula is C18H22FNO. The Morgan fingerprint density at radius 3 is 2.67 bits per heavy atom. The van der Waals surface area contributed by atoms with Crippen LogP contribution in [-0.4, -0.2) is 13.7 Å². The third-order valence-electron chi connectivity index (χ3n) is 3.49. The van der Waals surface area contributed by atoms with Crippen molar-refractivity contribution in [1.29, 1.82) is 0 Å². The predicted molar refractivity (Wildman–Crippen MR) is 84.3 cm³/mol. The summed E-state index contributed by atoms with van der Waals surface area (Å²) in [6, 6.07) is 13.3. The van der Waals surface area contributed by atoms with E-state index in [0.717, 1.165) is 29.8 Å². The van der Waals surface area contributed by atoms with Crippen LogP contribution < -0.4 is 10.1 Å². The summed E-state index contributed by atoms with van der Waals surface area (Å²) in [5, 5.41) is 3.43. The molecule has 2 nitrogen and oxygen atoms in total. The zero-order chi connectivity index (χ0) is 15.2. The van der Waals surface area contributed by atoms with Crippen molar-refractivity contribution in [2.24, 2.45) is 0 Å². The van der Waals surface area contributed by atoms with Crippen LogP contribution >= 0.6 is 0 Å². The Labute approximate surface area is 126 Å². The van der Waals surface area contributed by atoms with Crippen molar-refractivity contribution in [1.82, 2.24) is 5.32 Å². The highest BCUT2D eigenvalue weighted by Crippen LogP contribution is 2.23. The number of methoxy groups -OCH3 is 1. The van der Waals surface area contributed by atoms with Crippen molar-refractivity contribution in [3.8, 4) is 5.75 Å². The van der Waals surface area contributed by atoms with E-state index in [0.29, 0.717) is 0 Å². The van der Waals surface area contributed by atoms with Gasteiger partial charge in [0.2, 0.25) is 0 Å². The van der Waals surface area contributed by atoms with Crippen LogP contribution in [0.15, 0.2) is 42.5 Å². The van der Waals surface area contributed by atoms with Crippen LogP contribution in [0.4, 0.5) is 4.39 Å². The van der Waals surface area contributed by atoms with E-state index in [-0.39, 0.29) is 11.9 Å². The van der Waals surface area contributed by atoms with Crippen molar-refractivity contribution < 1.29 is 9.13 Å². The monoisotopic (exact) mass is 287 g/mol. The Morgan fingerprint density at radius 2 is 2.00 bits per heavy atom. The number of halogens is 1. The summed E-state index contributed by atoms with van der Waals surface area (Å²) < 4.78 is 18.9. The van der Waals surface area contributed by atoms with E-state index in [4.69, 9.17) is 4.74 Å². The summed E-state index contributed by atoms with van der Waals surface area (Å²) >= 11 is 0. The van der Waals surface area contributed by atoms with Gasteiger partial charge in [0.05, 0.1) is 7.11 Å². The van der Waals surface area contributed by atoms with Crippen LogP contribution in [0.1, 0.15) is 29.7 Å². The molecule has 0 heterocycles. The number of aryl methyl sites for hydroxylation is 1. The average Bonchev–Trinajstić information content (AvgIpc) is 2.46. The van der Waals surface area contributed by atoms with E-state index in [1.54, 1.807) is 19.2 Å². The Hall–Kier alpha value is -1.87. The fraction of sp³-hybridized carbons (Fsp3) is 0.333. The SMILES string of the molecule is CCNC(Cc1cccc(OC)c1)c1cc(C)cc(F)c1. The summed E-state index contributed by atoms with van der Waals surface area (Å²) in [5.41, 5.74) is 3.10. The molecule has 0 aliphatic rings. The molecule has 0 amide bonds. The quantitative estimate of drug-likeness (QED) is 0.866. The highest BCUT2D eigenvalue weighted by Gasteiger charge is 2.13. The van der Waals surface area contributed by atoms with E-state index in [1.807, 2.05) is 31.2 Å². The van der Waals surface area contributed by atoms with Crippen molar-refractivity contribution >= 4 is 0 Å². The van der Waals surface area contributed by atoms with E-state index in [2.05, 4.69) is 18.3 Å². The van der Waals surface area contributed by atoms with Gasteiger partial charge in [0.15, 0.2) is 0 Å². The fourth-order valence-electron chi connectivity index (χ4n) is 2.56. The van der Waals surface area contributed by atoms with E-state index < -0.39 is 0 Å². The van der Waals surface area contributed by atoms with Gasteiger partial charge in [0, 0.05) is 6.04 Å². The highest BCUT2D eigenvalue weighted by atomic mass is 19.1. The maximum Gasteiger partial charge on any atom is 0.123 e. The standard InChI is InChI=1S/C18H22FNO/c1-4-20-18(15-8-13(2)9-16(19)12-15)11-14-6-5-7-17(10-14)21-3/h5-10,12,18,20H,4,11H2,1-3H3. The molecule has 0 aromatic heterocycles. The van der Waals surface area contributed by atoms with Crippen LogP contribution in [0.2, 0.25) is 0 Å². The first kappa shape index (κ1) is 15.5. The lowest BCUT2D eigenvalue weighted by Crippen LogP contribution is -2.23. The van der Waals surface area contributed by atoms with Crippen molar-refractivity contribution in [3.05, 3.63) is 65.0 Å². The molecule has 0 aliphatic heterocycles. The molecule has 0 radical (unpaired) electrons. The van der Waals surface area contributed by atoms with Crippen LogP contribution in [-0.2, 0) is 6.42 Å². The molecule has 0 spiro atoms. The molecule has 0 saturated heterocycles. The van der Waals surface area contributed by atoms with E-state index in [1.165, 1.54) is 5.56 Å². The minimum atomic E-state index is -0.182. The zero-order valence-corrected chi connectivity index (χ0v) is 12.8. The van der Waals surface area contributed by atoms with Crippen LogP contribution in [0, 0.1) is 12.7 Å². The molecule has 0 bridgehead atoms. The molecule has 2 rings (SSSR count). The first-order valence-electron chi connectivity index (χ1n) is 7.25. The lowest BCUT2D eigenvalue weighted by molar-refractivity contribution is 0.414. The minimum absolute atomic E-state index is 0.0940. The molecule has 21 heavy (non-hydrogen) atoms. The summed E-state index contributed by atoms with van der Waals surface area (Å²) in [7, 11) is 1.66. The topological polar surface area (TPSA) is 21.3 Å². The largest absolute Gasteiger partial charge is 0.497 e. The van der Waals surface area contributed by atoms with Crippen molar-refractivity contribution in [2.45, 2.75) is 26.3 Å². The van der Waals surface area contributed by atoms with Crippen molar-refractivity contribution in [2.75, 3.05) is 13.7 Å². The number of nitrogens with one attached hydrogen (secondary N) is 1. The van der Waals surface area contributed by atoms with Gasteiger partial charge < -0.3 is 10.1 Å². The lowest BCUT2D eigenvalue weighted by Gasteiger charge is -2.19. The number of hydrogen-bond donors (Lipinski definition) is 1. The maximum absolute atomic E-state index is 13.6. The Bertz CT molecular complexity index is 577. The number of likely N-dealkylation sites (N-methyl/N-ethyl adjacent to an activating group) is 1. The van der Waals surface area contributed by atoms with Gasteiger partial charge in [-0.05, 0) is 60.8 Å². The van der Waals surface area contributed by atoms with E-state index >= 15 is 0 Å². The van der Waals surface area contributed by atoms with E-state index in [9.17, 15) is 4.39 Å². The first-order valence-corrected chi connectivity index (χ1v) is 7.25. The van der Waals surface area contributed by atoms with Crippen LogP contribution in [0.3, 0.4) is 0 Å². The molecule has 3 heteroatoms. The number of hydrogen-bond acceptors (Lipinski definition) is 2. The van der Waals surface area contributed by atoms with Gasteiger partial charge in [-0.2, -0.15) is 0 Å². The van der Waals surface area contributed by atoms with Gasteiger partial charge >= 0.3 is 0 Å². The third-order valence-corrected chi connectivity index (χ3v) is 3.49. The lowest BCUT2D eigenvalue weighted by atomic mass is 9.97. The summed E-state index contributed by atoms with van der Waals surface area (Å²) in [5.74, 6) is 0.664. The first-order chi connectivity index (χ1) is 10.1. The molecule has 112 valence electrons. The molecule has 1 atom stereocenters. The van der Waals surface area contributed by atoms with Crippen molar-refractivity contribution in [3.63, 3.8) is 0 Å². The fourth-order valence-corrected chi connectivity index (χ4v) is 2.56. The number of benzene rings is 2. The Kier molecular flexibility index (Phi) is 5.34. The van der Waals surface area contributed by atoms with Gasteiger partial charge in [0.25, 0.3) is 0 Å². The molecular weight excluding hydrogens is 265 g/mol. The summed E-state index contributed by atoms with van der Waals surface area (Å²) in [6.07, 6.45) is 0.800. The molecule has 1 unspecified atom stereocenters. The van der Waals surface area contributed by atoms with Crippen LogP contribution in [0.5, 0.6) is 5.75 Å². The molecule has 2 aromatic carbocycles. The summed E-state index contributed by atoms with van der Waals surface area (Å²) in [4.78, 5) is 0. The third kappa shape index (κ3) is 4.30. The predicted octanol–water partition coefficient (Wildman–Crippen LogP) is 4.04. The molecule has 0 aliphatic carbocycles. The van der Waals surface area contributed by atoms with Gasteiger partial charge in [-0.25, -0.2) is 4.39 Å². The Morgan fingerprint density at radius 1 is 1.19 bits per heavy atom. The normalized spacial score (nSPS) is 12.2. The maximum atomic E-state index is 13.6. The summed E-state index contributed by atoms with van der Waals surface area (Å²) in [6.45, 7) is 4.82. The Balaban J connectivity index is 2.25. The molecule has 0 saturated carbocycles. The molecule has 1 N–H and O–H groups in total.